The quantitative estimate of drug-likeness (QED) is 0.616. The molecule has 1 aliphatic rings. The zero-order chi connectivity index (χ0) is 11.0. The van der Waals surface area contributed by atoms with Gasteiger partial charge in [-0.25, -0.2) is 0 Å². The molecule has 3 heteroatoms. The largest absolute Gasteiger partial charge is 0.383 e. The zero-order valence-electron chi connectivity index (χ0n) is 10.2. The van der Waals surface area contributed by atoms with Crippen molar-refractivity contribution in [2.24, 2.45) is 5.41 Å². The molecule has 0 unspecified atom stereocenters. The molecule has 1 saturated carbocycles. The van der Waals surface area contributed by atoms with Crippen LogP contribution in [0.5, 0.6) is 0 Å². The second-order valence-corrected chi connectivity index (χ2v) is 5.61. The molecule has 0 saturated heterocycles. The molecular weight excluding hydrogens is 206 g/mol. The number of hydrogen-bond acceptors (Lipinski definition) is 3. The first-order chi connectivity index (χ1) is 7.33. The van der Waals surface area contributed by atoms with Crippen molar-refractivity contribution in [2.45, 2.75) is 32.1 Å². The molecule has 0 heterocycles. The van der Waals surface area contributed by atoms with Gasteiger partial charge in [-0.1, -0.05) is 6.42 Å². The number of nitrogens with one attached hydrogen (secondary N) is 1. The number of rotatable bonds is 9. The first kappa shape index (κ1) is 13.3. The van der Waals surface area contributed by atoms with Gasteiger partial charge in [0.05, 0.1) is 6.61 Å². The highest BCUT2D eigenvalue weighted by Crippen LogP contribution is 2.44. The Hall–Kier alpha value is 0.270. The third-order valence-corrected chi connectivity index (χ3v) is 4.15. The fourth-order valence-electron chi connectivity index (χ4n) is 2.31. The summed E-state index contributed by atoms with van der Waals surface area (Å²) in [6.45, 7) is 3.03. The van der Waals surface area contributed by atoms with Crippen LogP contribution in [0.3, 0.4) is 0 Å². The van der Waals surface area contributed by atoms with E-state index < -0.39 is 0 Å². The second kappa shape index (κ2) is 7.53. The average molecular weight is 231 g/mol. The fraction of sp³-hybridized carbons (Fsp3) is 1.00. The van der Waals surface area contributed by atoms with Crippen molar-refractivity contribution >= 4 is 11.8 Å². The molecule has 1 rings (SSSR count). The van der Waals surface area contributed by atoms with Crippen LogP contribution >= 0.6 is 11.8 Å². The lowest BCUT2D eigenvalue weighted by molar-refractivity contribution is 0.110. The first-order valence-electron chi connectivity index (χ1n) is 6.02. The van der Waals surface area contributed by atoms with Crippen molar-refractivity contribution in [1.29, 1.82) is 0 Å². The van der Waals surface area contributed by atoms with Gasteiger partial charge in [0.25, 0.3) is 0 Å². The van der Waals surface area contributed by atoms with Gasteiger partial charge in [-0.3, -0.25) is 0 Å². The molecule has 2 nitrogen and oxygen atoms in total. The minimum Gasteiger partial charge on any atom is -0.383 e. The SMILES string of the molecule is COCCNCC1(CCCSC)CCC1. The summed E-state index contributed by atoms with van der Waals surface area (Å²) in [6.07, 6.45) is 9.29. The lowest BCUT2D eigenvalue weighted by Gasteiger charge is -2.42. The van der Waals surface area contributed by atoms with E-state index in [2.05, 4.69) is 11.6 Å². The summed E-state index contributed by atoms with van der Waals surface area (Å²) in [4.78, 5) is 0. The maximum absolute atomic E-state index is 5.04. The van der Waals surface area contributed by atoms with Gasteiger partial charge in [-0.2, -0.15) is 11.8 Å². The molecule has 90 valence electrons. The normalized spacial score (nSPS) is 18.8. The third kappa shape index (κ3) is 4.75. The van der Waals surface area contributed by atoms with E-state index in [0.717, 1.165) is 13.2 Å². The van der Waals surface area contributed by atoms with E-state index in [1.54, 1.807) is 7.11 Å². The van der Waals surface area contributed by atoms with E-state index in [4.69, 9.17) is 4.74 Å². The van der Waals surface area contributed by atoms with E-state index in [1.165, 1.54) is 44.4 Å². The summed E-state index contributed by atoms with van der Waals surface area (Å²) in [5.74, 6) is 1.32. The summed E-state index contributed by atoms with van der Waals surface area (Å²) in [5.41, 5.74) is 0.642. The van der Waals surface area contributed by atoms with Crippen LogP contribution in [-0.2, 0) is 4.74 Å². The summed E-state index contributed by atoms with van der Waals surface area (Å²) in [5, 5.41) is 3.52. The average Bonchev–Trinajstić information content (AvgIpc) is 2.19. The molecule has 0 amide bonds. The fourth-order valence-corrected chi connectivity index (χ4v) is 2.74. The van der Waals surface area contributed by atoms with E-state index >= 15 is 0 Å². The molecule has 0 aliphatic heterocycles. The molecule has 0 atom stereocenters. The monoisotopic (exact) mass is 231 g/mol. The highest BCUT2D eigenvalue weighted by Gasteiger charge is 2.35. The number of ether oxygens (including phenoxy) is 1. The highest BCUT2D eigenvalue weighted by molar-refractivity contribution is 7.98. The van der Waals surface area contributed by atoms with Gasteiger partial charge in [-0.15, -0.1) is 0 Å². The van der Waals surface area contributed by atoms with Crippen molar-refractivity contribution in [3.8, 4) is 0 Å². The van der Waals surface area contributed by atoms with Gasteiger partial charge in [0.15, 0.2) is 0 Å². The van der Waals surface area contributed by atoms with Gasteiger partial charge in [-0.05, 0) is 43.1 Å². The number of hydrogen-bond donors (Lipinski definition) is 1. The molecule has 0 aromatic heterocycles. The smallest absolute Gasteiger partial charge is 0.0587 e. The van der Waals surface area contributed by atoms with Gasteiger partial charge in [0.2, 0.25) is 0 Å². The summed E-state index contributed by atoms with van der Waals surface area (Å²) in [7, 11) is 1.76. The van der Waals surface area contributed by atoms with Crippen LogP contribution in [0.1, 0.15) is 32.1 Å². The van der Waals surface area contributed by atoms with Crippen molar-refractivity contribution in [3.05, 3.63) is 0 Å². The summed E-state index contributed by atoms with van der Waals surface area (Å²) < 4.78 is 5.04. The van der Waals surface area contributed by atoms with Crippen LogP contribution in [0.2, 0.25) is 0 Å². The predicted molar refractivity (Wildman–Crippen MR) is 68.6 cm³/mol. The van der Waals surface area contributed by atoms with Crippen LogP contribution in [0.15, 0.2) is 0 Å². The molecule has 0 bridgehead atoms. The Morgan fingerprint density at radius 3 is 2.73 bits per heavy atom. The van der Waals surface area contributed by atoms with Crippen molar-refractivity contribution in [2.75, 3.05) is 38.8 Å². The lowest BCUT2D eigenvalue weighted by Crippen LogP contribution is -2.41. The summed E-state index contributed by atoms with van der Waals surface area (Å²) >= 11 is 1.97. The number of methoxy groups -OCH3 is 1. The Morgan fingerprint density at radius 1 is 1.40 bits per heavy atom. The maximum atomic E-state index is 5.04. The van der Waals surface area contributed by atoms with Crippen LogP contribution < -0.4 is 5.32 Å². The molecule has 0 spiro atoms. The van der Waals surface area contributed by atoms with Crippen LogP contribution in [0.25, 0.3) is 0 Å². The number of thioether (sulfide) groups is 1. The molecule has 0 aromatic rings. The van der Waals surface area contributed by atoms with E-state index in [1.807, 2.05) is 11.8 Å². The summed E-state index contributed by atoms with van der Waals surface area (Å²) in [6, 6.07) is 0. The molecule has 1 N–H and O–H groups in total. The topological polar surface area (TPSA) is 21.3 Å². The van der Waals surface area contributed by atoms with Crippen LogP contribution in [0.4, 0.5) is 0 Å². The van der Waals surface area contributed by atoms with Gasteiger partial charge in [0, 0.05) is 20.2 Å². The zero-order valence-corrected chi connectivity index (χ0v) is 11.0. The van der Waals surface area contributed by atoms with Crippen LogP contribution in [-0.4, -0.2) is 38.8 Å². The Balaban J connectivity index is 2.09. The van der Waals surface area contributed by atoms with Gasteiger partial charge in [0.1, 0.15) is 0 Å². The van der Waals surface area contributed by atoms with Crippen molar-refractivity contribution in [1.82, 2.24) is 5.32 Å². The second-order valence-electron chi connectivity index (χ2n) is 4.62. The predicted octanol–water partition coefficient (Wildman–Crippen LogP) is 2.54. The molecule has 0 radical (unpaired) electrons. The molecule has 1 fully saturated rings. The molecule has 1 aliphatic carbocycles. The van der Waals surface area contributed by atoms with Gasteiger partial charge < -0.3 is 10.1 Å². The molecule has 0 aromatic carbocycles. The Morgan fingerprint density at radius 2 is 2.20 bits per heavy atom. The van der Waals surface area contributed by atoms with E-state index in [9.17, 15) is 0 Å². The first-order valence-corrected chi connectivity index (χ1v) is 7.41. The van der Waals surface area contributed by atoms with Gasteiger partial charge >= 0.3 is 0 Å². The van der Waals surface area contributed by atoms with E-state index in [-0.39, 0.29) is 0 Å². The Kier molecular flexibility index (Phi) is 6.69. The molecular formula is C12H25NOS. The van der Waals surface area contributed by atoms with Crippen molar-refractivity contribution < 1.29 is 4.74 Å². The standard InChI is InChI=1S/C12H25NOS/c1-14-9-8-13-11-12(5-3-6-12)7-4-10-15-2/h13H,3-11H2,1-2H3. The lowest BCUT2D eigenvalue weighted by atomic mass is 9.66. The Bertz CT molecular complexity index is 160. The van der Waals surface area contributed by atoms with E-state index in [0.29, 0.717) is 5.41 Å². The highest BCUT2D eigenvalue weighted by atomic mass is 32.2. The molecule has 15 heavy (non-hydrogen) atoms. The third-order valence-electron chi connectivity index (χ3n) is 3.45. The maximum Gasteiger partial charge on any atom is 0.0587 e. The Labute approximate surface area is 98.5 Å². The van der Waals surface area contributed by atoms with Crippen LogP contribution in [0, 0.1) is 5.41 Å². The van der Waals surface area contributed by atoms with Crippen molar-refractivity contribution in [3.63, 3.8) is 0 Å². The minimum atomic E-state index is 0.642. The minimum absolute atomic E-state index is 0.642.